The highest BCUT2D eigenvalue weighted by atomic mass is 16.6. The Balaban J connectivity index is 1.91. The molecule has 0 aliphatic carbocycles. The first-order valence-corrected chi connectivity index (χ1v) is 9.25. The smallest absolute Gasteiger partial charge is 0.411 e. The van der Waals surface area contributed by atoms with Gasteiger partial charge in [-0.2, -0.15) is 0 Å². The van der Waals surface area contributed by atoms with Gasteiger partial charge in [-0.3, -0.25) is 4.90 Å². The molecule has 2 aliphatic heterocycles. The highest BCUT2D eigenvalue weighted by Crippen LogP contribution is 2.40. The van der Waals surface area contributed by atoms with E-state index in [1.54, 1.807) is 0 Å². The summed E-state index contributed by atoms with van der Waals surface area (Å²) in [5.41, 5.74) is 3.43. The summed E-state index contributed by atoms with van der Waals surface area (Å²) < 4.78 is 5.67. The van der Waals surface area contributed by atoms with Gasteiger partial charge < -0.3 is 9.64 Å². The monoisotopic (exact) mass is 342 g/mol. The predicted molar refractivity (Wildman–Crippen MR) is 103 cm³/mol. The van der Waals surface area contributed by atoms with E-state index in [1.165, 1.54) is 23.2 Å². The number of carbonyl (C=O) groups is 1. The minimum absolute atomic E-state index is 0.146. The number of amides is 1. The second kappa shape index (κ2) is 6.74. The molecule has 25 heavy (non-hydrogen) atoms. The maximum absolute atomic E-state index is 12.7. The van der Waals surface area contributed by atoms with Gasteiger partial charge in [0.2, 0.25) is 0 Å². The Hall–Kier alpha value is -1.97. The van der Waals surface area contributed by atoms with Crippen molar-refractivity contribution in [3.05, 3.63) is 35.9 Å². The van der Waals surface area contributed by atoms with Crippen LogP contribution < -0.4 is 4.90 Å². The van der Waals surface area contributed by atoms with Crippen molar-refractivity contribution >= 4 is 17.4 Å². The van der Waals surface area contributed by atoms with Crippen molar-refractivity contribution < 1.29 is 9.53 Å². The summed E-state index contributed by atoms with van der Waals surface area (Å²) >= 11 is 0. The van der Waals surface area contributed by atoms with Crippen LogP contribution in [0.2, 0.25) is 0 Å². The van der Waals surface area contributed by atoms with Gasteiger partial charge in [-0.05, 0) is 58.1 Å². The maximum Gasteiger partial charge on any atom is 0.411 e. The van der Waals surface area contributed by atoms with Crippen LogP contribution in [0.15, 0.2) is 30.3 Å². The van der Waals surface area contributed by atoms with Gasteiger partial charge in [0.25, 0.3) is 0 Å². The van der Waals surface area contributed by atoms with Crippen molar-refractivity contribution in [3.8, 4) is 0 Å². The molecule has 4 nitrogen and oxygen atoms in total. The first-order chi connectivity index (χ1) is 11.8. The lowest BCUT2D eigenvalue weighted by atomic mass is 9.82. The topological polar surface area (TPSA) is 32.8 Å². The standard InChI is InChI=1S/C21H30N2O2/c1-21(2,3)25-20(24)23-16-9-8-10-17(23)14-15(13-16)18-11-6-7-12-19(18)22(4)5/h6-7,11-13,16-17H,8-10,14H2,1-5H3. The normalized spacial score (nSPS) is 23.1. The Bertz CT molecular complexity index is 673. The van der Waals surface area contributed by atoms with Crippen LogP contribution in [0.3, 0.4) is 0 Å². The fourth-order valence-corrected chi connectivity index (χ4v) is 3.96. The SMILES string of the molecule is CN(C)c1ccccc1C1=CC2CCCC(C1)N2C(=O)OC(C)(C)C. The molecular formula is C21H30N2O2. The molecule has 136 valence electrons. The molecule has 0 N–H and O–H groups in total. The third kappa shape index (κ3) is 3.83. The van der Waals surface area contributed by atoms with E-state index in [0.29, 0.717) is 0 Å². The van der Waals surface area contributed by atoms with E-state index < -0.39 is 5.60 Å². The predicted octanol–water partition coefficient (Wildman–Crippen LogP) is 4.70. The van der Waals surface area contributed by atoms with Crippen molar-refractivity contribution in [1.29, 1.82) is 0 Å². The molecule has 2 unspecified atom stereocenters. The molecule has 1 aromatic carbocycles. The molecule has 2 heterocycles. The summed E-state index contributed by atoms with van der Waals surface area (Å²) in [5, 5.41) is 0. The van der Waals surface area contributed by atoms with Gasteiger partial charge in [0.05, 0.1) is 6.04 Å². The molecule has 1 saturated heterocycles. The molecule has 2 bridgehead atoms. The first-order valence-electron chi connectivity index (χ1n) is 9.25. The average molecular weight is 342 g/mol. The van der Waals surface area contributed by atoms with Crippen LogP contribution in [0.4, 0.5) is 10.5 Å². The minimum Gasteiger partial charge on any atom is -0.444 e. The lowest BCUT2D eigenvalue weighted by molar-refractivity contribution is 0.0000888. The second-order valence-electron chi connectivity index (χ2n) is 8.35. The molecule has 0 spiro atoms. The van der Waals surface area contributed by atoms with E-state index in [0.717, 1.165) is 19.3 Å². The van der Waals surface area contributed by atoms with Crippen LogP contribution in [0.5, 0.6) is 0 Å². The Morgan fingerprint density at radius 1 is 1.20 bits per heavy atom. The lowest BCUT2D eigenvalue weighted by Crippen LogP contribution is -2.53. The summed E-state index contributed by atoms with van der Waals surface area (Å²) in [6.07, 6.45) is 6.27. The number of anilines is 1. The molecule has 3 rings (SSSR count). The van der Waals surface area contributed by atoms with Crippen LogP contribution in [-0.4, -0.2) is 42.8 Å². The van der Waals surface area contributed by atoms with Gasteiger partial charge in [0, 0.05) is 31.4 Å². The molecular weight excluding hydrogens is 312 g/mol. The molecule has 1 aromatic rings. The summed E-state index contributed by atoms with van der Waals surface area (Å²) in [6.45, 7) is 5.79. The van der Waals surface area contributed by atoms with E-state index in [9.17, 15) is 4.79 Å². The molecule has 1 amide bonds. The van der Waals surface area contributed by atoms with Crippen molar-refractivity contribution in [2.75, 3.05) is 19.0 Å². The van der Waals surface area contributed by atoms with Crippen LogP contribution in [0, 0.1) is 0 Å². The zero-order valence-corrected chi connectivity index (χ0v) is 16.1. The molecule has 2 atom stereocenters. The van der Waals surface area contributed by atoms with Gasteiger partial charge >= 0.3 is 6.09 Å². The first kappa shape index (κ1) is 17.8. The van der Waals surface area contributed by atoms with E-state index in [1.807, 2.05) is 25.7 Å². The van der Waals surface area contributed by atoms with E-state index >= 15 is 0 Å². The van der Waals surface area contributed by atoms with Crippen LogP contribution in [0.1, 0.15) is 52.0 Å². The second-order valence-corrected chi connectivity index (χ2v) is 8.35. The number of rotatable bonds is 2. The lowest BCUT2D eigenvalue weighted by Gasteiger charge is -2.45. The van der Waals surface area contributed by atoms with Crippen LogP contribution >= 0.6 is 0 Å². The molecule has 0 aromatic heterocycles. The maximum atomic E-state index is 12.7. The number of hydrogen-bond acceptors (Lipinski definition) is 3. The van der Waals surface area contributed by atoms with Gasteiger partial charge in [-0.1, -0.05) is 24.3 Å². The third-order valence-corrected chi connectivity index (χ3v) is 4.97. The fraction of sp³-hybridized carbons (Fsp3) is 0.571. The van der Waals surface area contributed by atoms with Crippen molar-refractivity contribution in [3.63, 3.8) is 0 Å². The molecule has 0 saturated carbocycles. The largest absolute Gasteiger partial charge is 0.444 e. The average Bonchev–Trinajstić information content (AvgIpc) is 2.51. The highest BCUT2D eigenvalue weighted by Gasteiger charge is 2.39. The zero-order chi connectivity index (χ0) is 18.2. The number of benzene rings is 1. The molecule has 0 radical (unpaired) electrons. The number of hydrogen-bond donors (Lipinski definition) is 0. The van der Waals surface area contributed by atoms with Crippen molar-refractivity contribution in [2.24, 2.45) is 0 Å². The number of ether oxygens (including phenoxy) is 1. The number of para-hydroxylation sites is 1. The number of piperidine rings is 1. The van der Waals surface area contributed by atoms with Crippen LogP contribution in [-0.2, 0) is 4.74 Å². The minimum atomic E-state index is -0.451. The van der Waals surface area contributed by atoms with Crippen LogP contribution in [0.25, 0.3) is 5.57 Å². The number of fused-ring (bicyclic) bond motifs is 2. The zero-order valence-electron chi connectivity index (χ0n) is 16.1. The summed E-state index contributed by atoms with van der Waals surface area (Å²) in [5.74, 6) is 0. The summed E-state index contributed by atoms with van der Waals surface area (Å²) in [7, 11) is 4.16. The fourth-order valence-electron chi connectivity index (χ4n) is 3.96. The van der Waals surface area contributed by atoms with Gasteiger partial charge in [-0.15, -0.1) is 0 Å². The Kier molecular flexibility index (Phi) is 4.81. The molecule has 4 heteroatoms. The van der Waals surface area contributed by atoms with E-state index in [4.69, 9.17) is 4.74 Å². The van der Waals surface area contributed by atoms with Gasteiger partial charge in [-0.25, -0.2) is 4.79 Å². The highest BCUT2D eigenvalue weighted by molar-refractivity contribution is 5.80. The molecule has 1 fully saturated rings. The van der Waals surface area contributed by atoms with Gasteiger partial charge in [0.15, 0.2) is 0 Å². The van der Waals surface area contributed by atoms with Crippen molar-refractivity contribution in [1.82, 2.24) is 4.90 Å². The summed E-state index contributed by atoms with van der Waals surface area (Å²) in [6, 6.07) is 8.91. The van der Waals surface area contributed by atoms with Gasteiger partial charge in [0.1, 0.15) is 5.60 Å². The number of nitrogens with zero attached hydrogens (tertiary/aromatic N) is 2. The summed E-state index contributed by atoms with van der Waals surface area (Å²) in [4.78, 5) is 16.9. The Morgan fingerprint density at radius 3 is 2.56 bits per heavy atom. The quantitative estimate of drug-likeness (QED) is 0.781. The van der Waals surface area contributed by atoms with E-state index in [2.05, 4.69) is 49.3 Å². The molecule has 2 aliphatic rings. The van der Waals surface area contributed by atoms with E-state index in [-0.39, 0.29) is 18.2 Å². The third-order valence-electron chi connectivity index (χ3n) is 4.97. The van der Waals surface area contributed by atoms with Crippen molar-refractivity contribution in [2.45, 2.75) is 64.1 Å². The number of carbonyl (C=O) groups excluding carboxylic acids is 1. The Morgan fingerprint density at radius 2 is 1.92 bits per heavy atom. The Labute approximate surface area is 151 Å².